The molecule has 3 amide bonds. The zero-order valence-electron chi connectivity index (χ0n) is 16.1. The summed E-state index contributed by atoms with van der Waals surface area (Å²) in [6.45, 7) is 0.0697. The number of amides is 3. The Morgan fingerprint density at radius 3 is 2.23 bits per heavy atom. The highest BCUT2D eigenvalue weighted by atomic mass is 127. The molecular weight excluding hydrogens is 521 g/mol. The van der Waals surface area contributed by atoms with Crippen LogP contribution in [-0.2, 0) is 33.5 Å². The summed E-state index contributed by atoms with van der Waals surface area (Å²) in [7, 11) is 0. The summed E-state index contributed by atoms with van der Waals surface area (Å²) in [5.74, 6) is -2.60. The Hall–Kier alpha value is -1.43. The van der Waals surface area contributed by atoms with Crippen molar-refractivity contribution in [1.82, 2.24) is 15.7 Å². The predicted octanol–water partition coefficient (Wildman–Crippen LogP) is -2.50. The molecule has 3 atom stereocenters. The summed E-state index contributed by atoms with van der Waals surface area (Å²) < 4.78 is 9.36. The van der Waals surface area contributed by atoms with Crippen LogP contribution in [0.25, 0.3) is 0 Å². The largest absolute Gasteiger partial charge is 0.389 e. The molecule has 0 saturated carbocycles. The summed E-state index contributed by atoms with van der Waals surface area (Å²) in [5, 5.41) is 33.3. The molecule has 3 unspecified atom stereocenters. The van der Waals surface area contributed by atoms with E-state index < -0.39 is 40.3 Å². The Labute approximate surface area is 186 Å². The van der Waals surface area contributed by atoms with Gasteiger partial charge in [-0.3, -0.25) is 19.7 Å². The molecule has 1 saturated heterocycles. The molecule has 0 aromatic rings. The van der Waals surface area contributed by atoms with Gasteiger partial charge in [-0.25, -0.2) is 4.79 Å². The minimum atomic E-state index is -1.02. The van der Waals surface area contributed by atoms with E-state index >= 15 is 0 Å². The minimum Gasteiger partial charge on any atom is -0.389 e. The molecule has 0 aromatic carbocycles. The molecular formula is C16H26IN3O10. The van der Waals surface area contributed by atoms with Crippen molar-refractivity contribution in [3.63, 3.8) is 0 Å². The van der Waals surface area contributed by atoms with Crippen LogP contribution < -0.4 is 10.6 Å². The fraction of sp³-hybridized carbons (Fsp3) is 0.750. The van der Waals surface area contributed by atoms with E-state index in [1.807, 2.05) is 0 Å². The lowest BCUT2D eigenvalue weighted by atomic mass is 10.3. The predicted molar refractivity (Wildman–Crippen MR) is 106 cm³/mol. The zero-order chi connectivity index (χ0) is 22.5. The number of carbonyl (C=O) groups excluding carboxylic acids is 4. The zero-order valence-corrected chi connectivity index (χ0v) is 18.3. The molecule has 0 radical (unpaired) electrons. The van der Waals surface area contributed by atoms with E-state index in [2.05, 4.69) is 15.5 Å². The third-order valence-electron chi connectivity index (χ3n) is 3.58. The van der Waals surface area contributed by atoms with Gasteiger partial charge >= 0.3 is 5.97 Å². The molecule has 1 heterocycles. The van der Waals surface area contributed by atoms with Crippen molar-refractivity contribution in [3.8, 4) is 0 Å². The number of rotatable bonds is 15. The first kappa shape index (κ1) is 26.6. The van der Waals surface area contributed by atoms with Crippen LogP contribution in [0.3, 0.4) is 0 Å². The number of nitrogens with zero attached hydrogens (tertiary/aromatic N) is 1. The maximum atomic E-state index is 11.7. The topological polar surface area (TPSA) is 184 Å². The van der Waals surface area contributed by atoms with Crippen molar-refractivity contribution in [3.05, 3.63) is 0 Å². The Balaban J connectivity index is 2.03. The van der Waals surface area contributed by atoms with Crippen LogP contribution in [0.5, 0.6) is 0 Å². The van der Waals surface area contributed by atoms with Crippen molar-refractivity contribution in [2.24, 2.45) is 0 Å². The van der Waals surface area contributed by atoms with E-state index in [1.54, 1.807) is 22.6 Å². The number of alkyl halides is 1. The van der Waals surface area contributed by atoms with Crippen LogP contribution >= 0.6 is 22.6 Å². The van der Waals surface area contributed by atoms with Crippen LogP contribution in [-0.4, -0.2) is 93.6 Å². The molecule has 0 bridgehead atoms. The van der Waals surface area contributed by atoms with Gasteiger partial charge in [-0.05, 0) is 22.6 Å². The molecule has 1 fully saturated rings. The normalized spacial score (nSPS) is 17.0. The smallest absolute Gasteiger partial charge is 0.333 e. The second kappa shape index (κ2) is 14.6. The fourth-order valence-corrected chi connectivity index (χ4v) is 2.55. The van der Waals surface area contributed by atoms with Gasteiger partial charge in [0.15, 0.2) is 4.23 Å². The van der Waals surface area contributed by atoms with Gasteiger partial charge in [-0.2, -0.15) is 0 Å². The number of imide groups is 1. The first-order valence-electron chi connectivity index (χ1n) is 9.12. The standard InChI is InChI=1S/C16H26IN3O10/c17-16(27)19-12(23)9-29-6-5-28-8-10(21)7-18-11(22)1-4-15(26)30-20-13(24)2-3-14(20)25/h10,12,16,19,21,23,27H,1-9H2,(H,18,22). The van der Waals surface area contributed by atoms with Crippen LogP contribution in [0.15, 0.2) is 0 Å². The average Bonchev–Trinajstić information content (AvgIpc) is 2.98. The van der Waals surface area contributed by atoms with Crippen LogP contribution in [0.1, 0.15) is 25.7 Å². The van der Waals surface area contributed by atoms with Crippen molar-refractivity contribution in [2.45, 2.75) is 42.2 Å². The highest BCUT2D eigenvalue weighted by Crippen LogP contribution is 2.12. The molecule has 0 spiro atoms. The summed E-state index contributed by atoms with van der Waals surface area (Å²) in [4.78, 5) is 50.6. The molecule has 5 N–H and O–H groups in total. The number of aliphatic hydroxyl groups is 3. The number of hydrogen-bond acceptors (Lipinski definition) is 11. The fourth-order valence-electron chi connectivity index (χ4n) is 2.14. The summed E-state index contributed by atoms with van der Waals surface area (Å²) in [6.07, 6.45) is -2.60. The van der Waals surface area contributed by atoms with Crippen molar-refractivity contribution >= 4 is 46.3 Å². The van der Waals surface area contributed by atoms with E-state index in [1.165, 1.54) is 0 Å². The van der Waals surface area contributed by atoms with Gasteiger partial charge in [0.25, 0.3) is 11.8 Å². The quantitative estimate of drug-likeness (QED) is 0.0365. The number of aliphatic hydroxyl groups excluding tert-OH is 3. The maximum Gasteiger partial charge on any atom is 0.333 e. The van der Waals surface area contributed by atoms with Crippen molar-refractivity contribution < 1.29 is 48.8 Å². The van der Waals surface area contributed by atoms with E-state index in [9.17, 15) is 29.4 Å². The lowest BCUT2D eigenvalue weighted by Gasteiger charge is -2.15. The highest BCUT2D eigenvalue weighted by molar-refractivity contribution is 14.1. The molecule has 0 aliphatic carbocycles. The van der Waals surface area contributed by atoms with Gasteiger partial charge in [0.05, 0.1) is 39.0 Å². The molecule has 14 heteroatoms. The average molecular weight is 547 g/mol. The van der Waals surface area contributed by atoms with Gasteiger partial charge in [0.2, 0.25) is 5.91 Å². The van der Waals surface area contributed by atoms with Gasteiger partial charge in [-0.1, -0.05) is 0 Å². The molecule has 0 aromatic heterocycles. The van der Waals surface area contributed by atoms with E-state index in [0.29, 0.717) is 5.06 Å². The van der Waals surface area contributed by atoms with Crippen LogP contribution in [0, 0.1) is 0 Å². The van der Waals surface area contributed by atoms with Crippen LogP contribution in [0.4, 0.5) is 0 Å². The molecule has 30 heavy (non-hydrogen) atoms. The third kappa shape index (κ3) is 11.7. The molecule has 13 nitrogen and oxygen atoms in total. The summed E-state index contributed by atoms with van der Waals surface area (Å²) in [6, 6.07) is 0. The SMILES string of the molecule is O=C(CCC(=O)ON1C(=O)CCC1=O)NCC(O)COCCOCC(O)NC(O)I. The first-order valence-corrected chi connectivity index (χ1v) is 10.4. The van der Waals surface area contributed by atoms with Gasteiger partial charge in [0, 0.05) is 25.8 Å². The Kier molecular flexibility index (Phi) is 12.9. The second-order valence-corrected chi connectivity index (χ2v) is 7.35. The lowest BCUT2D eigenvalue weighted by Crippen LogP contribution is -2.38. The number of carbonyl (C=O) groups is 4. The van der Waals surface area contributed by atoms with Gasteiger partial charge in [-0.15, -0.1) is 5.06 Å². The van der Waals surface area contributed by atoms with E-state index in [-0.39, 0.29) is 58.7 Å². The second-order valence-electron chi connectivity index (χ2n) is 6.17. The number of hydroxylamine groups is 2. The molecule has 1 aliphatic heterocycles. The van der Waals surface area contributed by atoms with Crippen molar-refractivity contribution in [2.75, 3.05) is 33.0 Å². The first-order chi connectivity index (χ1) is 14.2. The maximum absolute atomic E-state index is 11.7. The Bertz CT molecular complexity index is 576. The monoisotopic (exact) mass is 547 g/mol. The van der Waals surface area contributed by atoms with Gasteiger partial charge < -0.3 is 34.9 Å². The van der Waals surface area contributed by atoms with E-state index in [0.717, 1.165) is 0 Å². The number of ether oxygens (including phenoxy) is 2. The molecule has 172 valence electrons. The Morgan fingerprint density at radius 1 is 1.03 bits per heavy atom. The number of nitrogens with one attached hydrogen (secondary N) is 2. The Morgan fingerprint density at radius 2 is 1.63 bits per heavy atom. The van der Waals surface area contributed by atoms with Crippen LogP contribution in [0.2, 0.25) is 0 Å². The summed E-state index contributed by atoms with van der Waals surface area (Å²) >= 11 is 1.67. The van der Waals surface area contributed by atoms with Crippen molar-refractivity contribution in [1.29, 1.82) is 0 Å². The summed E-state index contributed by atoms with van der Waals surface area (Å²) in [5.41, 5.74) is 0. The molecule has 1 aliphatic rings. The van der Waals surface area contributed by atoms with Gasteiger partial charge in [0.1, 0.15) is 6.23 Å². The lowest BCUT2D eigenvalue weighted by molar-refractivity contribution is -0.197. The number of halogens is 1. The minimum absolute atomic E-state index is 0.0133. The molecule has 1 rings (SSSR count). The highest BCUT2D eigenvalue weighted by Gasteiger charge is 2.32. The third-order valence-corrected chi connectivity index (χ3v) is 3.94. The van der Waals surface area contributed by atoms with E-state index in [4.69, 9.17) is 14.6 Å². The number of hydrogen-bond donors (Lipinski definition) is 5.